The topological polar surface area (TPSA) is 107 Å². The van der Waals surface area contributed by atoms with Crippen LogP contribution >= 0.6 is 0 Å². The van der Waals surface area contributed by atoms with Gasteiger partial charge in [0.05, 0.1) is 18.0 Å². The van der Waals surface area contributed by atoms with Gasteiger partial charge in [0.15, 0.2) is 12.2 Å². The molecule has 1 aromatic carbocycles. The standard InChI is InChI=1S/C17H14F3N5O2/c1-9-10(14-7-23-8-27-14)4-12(21)15(17(18,19)20)11(9)5-25-16(26)13-6-22-2-3-24-13/h2-4,6-8H,5,21H2,1H3,(H,25,26). The summed E-state index contributed by atoms with van der Waals surface area (Å²) in [6, 6.07) is 1.19. The Balaban J connectivity index is 2.02. The lowest BCUT2D eigenvalue weighted by Gasteiger charge is -2.20. The van der Waals surface area contributed by atoms with Crippen molar-refractivity contribution < 1.29 is 22.4 Å². The first-order valence-corrected chi connectivity index (χ1v) is 7.71. The zero-order valence-corrected chi connectivity index (χ0v) is 14.0. The molecule has 7 nitrogen and oxygen atoms in total. The van der Waals surface area contributed by atoms with Gasteiger partial charge >= 0.3 is 6.18 Å². The van der Waals surface area contributed by atoms with E-state index in [-0.39, 0.29) is 22.6 Å². The molecule has 3 N–H and O–H groups in total. The molecule has 2 aromatic heterocycles. The Bertz CT molecular complexity index is 957. The number of carbonyl (C=O) groups excluding carboxylic acids is 1. The van der Waals surface area contributed by atoms with Crippen molar-refractivity contribution in [1.82, 2.24) is 20.3 Å². The first kappa shape index (κ1) is 18.4. The molecule has 1 amide bonds. The number of nitrogen functional groups attached to an aromatic ring is 1. The Hall–Kier alpha value is -3.43. The number of hydrogen-bond donors (Lipinski definition) is 2. The number of carbonyl (C=O) groups is 1. The van der Waals surface area contributed by atoms with E-state index >= 15 is 0 Å². The number of nitrogens with zero attached hydrogens (tertiary/aromatic N) is 3. The number of nitrogens with two attached hydrogens (primary N) is 1. The van der Waals surface area contributed by atoms with Crippen LogP contribution in [-0.4, -0.2) is 20.9 Å². The molecule has 0 bridgehead atoms. The minimum absolute atomic E-state index is 0.0110. The SMILES string of the molecule is Cc1c(-c2cnco2)cc(N)c(C(F)(F)F)c1CNC(=O)c1cnccn1. The van der Waals surface area contributed by atoms with Crippen LogP contribution in [0.15, 0.2) is 41.7 Å². The highest BCUT2D eigenvalue weighted by Gasteiger charge is 2.37. The van der Waals surface area contributed by atoms with E-state index in [1.807, 2.05) is 0 Å². The van der Waals surface area contributed by atoms with E-state index in [4.69, 9.17) is 10.2 Å². The van der Waals surface area contributed by atoms with Crippen LogP contribution in [0.2, 0.25) is 0 Å². The van der Waals surface area contributed by atoms with Gasteiger partial charge in [-0.2, -0.15) is 13.2 Å². The zero-order chi connectivity index (χ0) is 19.6. The monoisotopic (exact) mass is 377 g/mol. The number of oxazole rings is 1. The minimum atomic E-state index is -4.69. The molecule has 3 rings (SSSR count). The normalized spacial score (nSPS) is 11.4. The maximum absolute atomic E-state index is 13.6. The van der Waals surface area contributed by atoms with Crippen LogP contribution in [0.25, 0.3) is 11.3 Å². The smallest absolute Gasteiger partial charge is 0.418 e. The summed E-state index contributed by atoms with van der Waals surface area (Å²) in [5, 5.41) is 2.43. The maximum atomic E-state index is 13.6. The van der Waals surface area contributed by atoms with Crippen LogP contribution in [0.3, 0.4) is 0 Å². The van der Waals surface area contributed by atoms with Crippen LogP contribution in [0, 0.1) is 6.92 Å². The predicted molar refractivity (Wildman–Crippen MR) is 89.3 cm³/mol. The zero-order valence-electron chi connectivity index (χ0n) is 14.0. The number of aromatic nitrogens is 3. The van der Waals surface area contributed by atoms with Gasteiger partial charge in [0.2, 0.25) is 0 Å². The van der Waals surface area contributed by atoms with Gasteiger partial charge in [-0.1, -0.05) is 0 Å². The Morgan fingerprint density at radius 2 is 2.04 bits per heavy atom. The van der Waals surface area contributed by atoms with Crippen molar-refractivity contribution in [1.29, 1.82) is 0 Å². The Morgan fingerprint density at radius 3 is 2.63 bits per heavy atom. The van der Waals surface area contributed by atoms with E-state index in [1.54, 1.807) is 0 Å². The van der Waals surface area contributed by atoms with Crippen molar-refractivity contribution in [2.24, 2.45) is 0 Å². The van der Waals surface area contributed by atoms with Gasteiger partial charge in [-0.15, -0.1) is 0 Å². The van der Waals surface area contributed by atoms with Gasteiger partial charge in [0.1, 0.15) is 5.69 Å². The third kappa shape index (κ3) is 3.73. The molecule has 0 spiro atoms. The maximum Gasteiger partial charge on any atom is 0.418 e. The largest absolute Gasteiger partial charge is 0.444 e. The predicted octanol–water partition coefficient (Wildman–Crippen LogP) is 2.97. The molecule has 0 radical (unpaired) electrons. The molecule has 0 aliphatic carbocycles. The van der Waals surface area contributed by atoms with Gasteiger partial charge in [0.25, 0.3) is 5.91 Å². The van der Waals surface area contributed by atoms with Crippen molar-refractivity contribution in [3.8, 4) is 11.3 Å². The summed E-state index contributed by atoms with van der Waals surface area (Å²) >= 11 is 0. The molecule has 0 aliphatic heterocycles. The molecule has 3 aromatic rings. The van der Waals surface area contributed by atoms with E-state index in [9.17, 15) is 18.0 Å². The van der Waals surface area contributed by atoms with E-state index in [2.05, 4.69) is 20.3 Å². The van der Waals surface area contributed by atoms with E-state index in [0.29, 0.717) is 5.56 Å². The second kappa shape index (κ2) is 7.06. The number of halogens is 3. The lowest BCUT2D eigenvalue weighted by molar-refractivity contribution is -0.137. The number of benzene rings is 1. The van der Waals surface area contributed by atoms with Crippen LogP contribution in [0.5, 0.6) is 0 Å². The molecule has 0 fully saturated rings. The van der Waals surface area contributed by atoms with E-state index in [1.165, 1.54) is 37.8 Å². The summed E-state index contributed by atoms with van der Waals surface area (Å²) in [5.74, 6) is -0.381. The Labute approximate surface area is 151 Å². The number of rotatable bonds is 4. The van der Waals surface area contributed by atoms with E-state index < -0.39 is 29.9 Å². The third-order valence-corrected chi connectivity index (χ3v) is 3.95. The number of nitrogens with one attached hydrogen (secondary N) is 1. The molecule has 0 aliphatic rings. The van der Waals surface area contributed by atoms with Crippen LogP contribution in [0.1, 0.15) is 27.2 Å². The van der Waals surface area contributed by atoms with Crippen LogP contribution in [0.4, 0.5) is 18.9 Å². The molecule has 2 heterocycles. The van der Waals surface area contributed by atoms with Crippen LogP contribution < -0.4 is 11.1 Å². The van der Waals surface area contributed by atoms with Crippen molar-refractivity contribution in [2.45, 2.75) is 19.6 Å². The summed E-state index contributed by atoms with van der Waals surface area (Å²) in [4.78, 5) is 23.5. The van der Waals surface area contributed by atoms with E-state index in [0.717, 1.165) is 6.39 Å². The molecule has 140 valence electrons. The first-order valence-electron chi connectivity index (χ1n) is 7.71. The number of hydrogen-bond acceptors (Lipinski definition) is 6. The average molecular weight is 377 g/mol. The van der Waals surface area contributed by atoms with Crippen molar-refractivity contribution in [3.63, 3.8) is 0 Å². The fourth-order valence-electron chi connectivity index (χ4n) is 2.70. The molecular weight excluding hydrogens is 363 g/mol. The minimum Gasteiger partial charge on any atom is -0.444 e. The summed E-state index contributed by atoms with van der Waals surface area (Å²) in [6.45, 7) is 1.10. The molecular formula is C17H14F3N5O2. The van der Waals surface area contributed by atoms with Gasteiger partial charge in [-0.25, -0.2) is 9.97 Å². The highest BCUT2D eigenvalue weighted by atomic mass is 19.4. The highest BCUT2D eigenvalue weighted by Crippen LogP contribution is 2.41. The van der Waals surface area contributed by atoms with Gasteiger partial charge < -0.3 is 15.5 Å². The summed E-state index contributed by atoms with van der Waals surface area (Å²) in [6.07, 6.45) is 1.75. The second-order valence-corrected chi connectivity index (χ2v) is 5.63. The molecule has 10 heteroatoms. The molecule has 0 unspecified atom stereocenters. The van der Waals surface area contributed by atoms with Gasteiger partial charge in [-0.3, -0.25) is 9.78 Å². The molecule has 0 atom stereocenters. The summed E-state index contributed by atoms with van der Waals surface area (Å²) in [5.41, 5.74) is 4.68. The summed E-state index contributed by atoms with van der Waals surface area (Å²) in [7, 11) is 0. The highest BCUT2D eigenvalue weighted by molar-refractivity contribution is 5.92. The molecule has 0 saturated heterocycles. The van der Waals surface area contributed by atoms with Crippen molar-refractivity contribution in [2.75, 3.05) is 5.73 Å². The van der Waals surface area contributed by atoms with Gasteiger partial charge in [-0.05, 0) is 24.1 Å². The van der Waals surface area contributed by atoms with Gasteiger partial charge in [0, 0.05) is 30.2 Å². The Morgan fingerprint density at radius 1 is 1.26 bits per heavy atom. The lowest BCUT2D eigenvalue weighted by Crippen LogP contribution is -2.26. The number of amides is 1. The second-order valence-electron chi connectivity index (χ2n) is 5.63. The van der Waals surface area contributed by atoms with Crippen LogP contribution in [-0.2, 0) is 12.7 Å². The first-order chi connectivity index (χ1) is 12.8. The quantitative estimate of drug-likeness (QED) is 0.677. The van der Waals surface area contributed by atoms with Crippen molar-refractivity contribution >= 4 is 11.6 Å². The lowest BCUT2D eigenvalue weighted by atomic mass is 9.93. The number of alkyl halides is 3. The fourth-order valence-corrected chi connectivity index (χ4v) is 2.70. The molecule has 0 saturated carbocycles. The third-order valence-electron chi connectivity index (χ3n) is 3.95. The average Bonchev–Trinajstić information content (AvgIpc) is 3.15. The Kier molecular flexibility index (Phi) is 4.80. The summed E-state index contributed by atoms with van der Waals surface area (Å²) < 4.78 is 45.9. The molecule has 27 heavy (non-hydrogen) atoms. The number of anilines is 1. The van der Waals surface area contributed by atoms with Crippen molar-refractivity contribution in [3.05, 3.63) is 59.6 Å². The fraction of sp³-hybridized carbons (Fsp3) is 0.176.